The Hall–Kier alpha value is -0.480. The van der Waals surface area contributed by atoms with Crippen molar-refractivity contribution in [1.82, 2.24) is 9.55 Å². The highest BCUT2D eigenvalue weighted by molar-refractivity contribution is 7.99. The summed E-state index contributed by atoms with van der Waals surface area (Å²) in [6.45, 7) is 5.37. The number of aromatic nitrogens is 2. The summed E-state index contributed by atoms with van der Waals surface area (Å²) in [5.74, 6) is 0. The van der Waals surface area contributed by atoms with Crippen molar-refractivity contribution in [1.29, 1.82) is 0 Å². The maximum atomic E-state index is 6.01. The van der Waals surface area contributed by atoms with Gasteiger partial charge in [0.25, 0.3) is 0 Å². The van der Waals surface area contributed by atoms with Crippen molar-refractivity contribution >= 4 is 11.8 Å². The van der Waals surface area contributed by atoms with Crippen LogP contribution in [-0.4, -0.2) is 21.1 Å². The zero-order valence-electron chi connectivity index (χ0n) is 9.81. The van der Waals surface area contributed by atoms with Gasteiger partial charge in [-0.1, -0.05) is 13.8 Å². The maximum Gasteiger partial charge on any atom is 0.0948 e. The molecule has 1 rings (SSSR count). The van der Waals surface area contributed by atoms with Crippen LogP contribution in [0.15, 0.2) is 12.5 Å². The lowest BCUT2D eigenvalue weighted by atomic mass is 10.2. The van der Waals surface area contributed by atoms with Crippen LogP contribution in [-0.2, 0) is 6.54 Å². The van der Waals surface area contributed by atoms with Crippen LogP contribution < -0.4 is 5.73 Å². The molecule has 2 atom stereocenters. The Morgan fingerprint density at radius 3 is 2.93 bits per heavy atom. The second kappa shape index (κ2) is 6.18. The lowest BCUT2D eigenvalue weighted by molar-refractivity contribution is 0.567. The average Bonchev–Trinajstić information content (AvgIpc) is 2.72. The van der Waals surface area contributed by atoms with Gasteiger partial charge in [-0.2, -0.15) is 11.8 Å². The summed E-state index contributed by atoms with van der Waals surface area (Å²) in [5, 5.41) is 0.693. The van der Waals surface area contributed by atoms with Crippen molar-refractivity contribution in [3.05, 3.63) is 18.2 Å². The molecule has 1 heterocycles. The molecule has 0 aliphatic rings. The molecule has 0 aromatic carbocycles. The molecule has 4 heteroatoms. The van der Waals surface area contributed by atoms with Gasteiger partial charge in [-0.3, -0.25) is 0 Å². The predicted molar refractivity (Wildman–Crippen MR) is 67.0 cm³/mol. The molecule has 0 fully saturated rings. The smallest absolute Gasteiger partial charge is 0.0948 e. The molecule has 1 unspecified atom stereocenters. The van der Waals surface area contributed by atoms with E-state index in [1.165, 1.54) is 6.42 Å². The Balaban J connectivity index is 2.57. The Morgan fingerprint density at radius 2 is 2.33 bits per heavy atom. The van der Waals surface area contributed by atoms with Crippen LogP contribution in [0.25, 0.3) is 0 Å². The van der Waals surface area contributed by atoms with Gasteiger partial charge in [0.1, 0.15) is 0 Å². The van der Waals surface area contributed by atoms with E-state index >= 15 is 0 Å². The Labute approximate surface area is 96.5 Å². The first-order valence-electron chi connectivity index (χ1n) is 5.47. The van der Waals surface area contributed by atoms with Crippen molar-refractivity contribution < 1.29 is 0 Å². The summed E-state index contributed by atoms with van der Waals surface area (Å²) in [6.07, 6.45) is 8.05. The molecular formula is C11H21N3S. The maximum absolute atomic E-state index is 6.01. The number of thioether (sulfide) groups is 1. The van der Waals surface area contributed by atoms with Crippen molar-refractivity contribution in [3.8, 4) is 0 Å². The molecule has 86 valence electrons. The van der Waals surface area contributed by atoms with E-state index in [0.29, 0.717) is 5.25 Å². The molecule has 0 bridgehead atoms. The van der Waals surface area contributed by atoms with E-state index < -0.39 is 0 Å². The third-order valence-electron chi connectivity index (χ3n) is 2.74. The lowest BCUT2D eigenvalue weighted by Gasteiger charge is -2.14. The molecule has 0 spiro atoms. The standard InChI is InChI=1S/C11H21N3S/c1-4-10(12)11-7-13-8-14(11)6-5-9(2)15-3/h7-10H,4-6,12H2,1-3H3/t9?,10-/m1/s1. The van der Waals surface area contributed by atoms with Crippen LogP contribution in [0.3, 0.4) is 0 Å². The molecule has 1 aromatic rings. The topological polar surface area (TPSA) is 43.8 Å². The molecular weight excluding hydrogens is 206 g/mol. The van der Waals surface area contributed by atoms with Gasteiger partial charge in [-0.25, -0.2) is 4.98 Å². The van der Waals surface area contributed by atoms with Crippen molar-refractivity contribution in [2.24, 2.45) is 5.73 Å². The molecule has 3 nitrogen and oxygen atoms in total. The molecule has 0 saturated heterocycles. The molecule has 15 heavy (non-hydrogen) atoms. The van der Waals surface area contributed by atoms with Gasteiger partial charge >= 0.3 is 0 Å². The summed E-state index contributed by atoms with van der Waals surface area (Å²) in [4.78, 5) is 4.17. The van der Waals surface area contributed by atoms with E-state index in [0.717, 1.165) is 18.7 Å². The van der Waals surface area contributed by atoms with E-state index in [-0.39, 0.29) is 6.04 Å². The van der Waals surface area contributed by atoms with Gasteiger partial charge in [0, 0.05) is 24.0 Å². The van der Waals surface area contributed by atoms with Crippen molar-refractivity contribution in [3.63, 3.8) is 0 Å². The minimum Gasteiger partial charge on any atom is -0.333 e. The number of aryl methyl sites for hydroxylation is 1. The minimum atomic E-state index is 0.122. The zero-order chi connectivity index (χ0) is 11.3. The zero-order valence-corrected chi connectivity index (χ0v) is 10.6. The fraction of sp³-hybridized carbons (Fsp3) is 0.727. The molecule has 0 radical (unpaired) electrons. The Bertz CT molecular complexity index is 285. The van der Waals surface area contributed by atoms with Gasteiger partial charge in [0.15, 0.2) is 0 Å². The van der Waals surface area contributed by atoms with E-state index in [1.54, 1.807) is 0 Å². The van der Waals surface area contributed by atoms with Crippen molar-refractivity contribution in [2.45, 2.75) is 44.5 Å². The fourth-order valence-electron chi connectivity index (χ4n) is 1.47. The summed E-state index contributed by atoms with van der Waals surface area (Å²) in [6, 6.07) is 0.122. The lowest BCUT2D eigenvalue weighted by Crippen LogP contribution is -2.15. The average molecular weight is 227 g/mol. The van der Waals surface area contributed by atoms with E-state index in [1.807, 2.05) is 24.3 Å². The highest BCUT2D eigenvalue weighted by Crippen LogP contribution is 2.16. The first-order valence-corrected chi connectivity index (χ1v) is 6.76. The van der Waals surface area contributed by atoms with Crippen LogP contribution >= 0.6 is 11.8 Å². The summed E-state index contributed by atoms with van der Waals surface area (Å²) >= 11 is 1.90. The van der Waals surface area contributed by atoms with Crippen LogP contribution in [0.5, 0.6) is 0 Å². The highest BCUT2D eigenvalue weighted by Gasteiger charge is 2.09. The molecule has 1 aromatic heterocycles. The van der Waals surface area contributed by atoms with Gasteiger partial charge < -0.3 is 10.3 Å². The van der Waals surface area contributed by atoms with Gasteiger partial charge in [-0.15, -0.1) is 0 Å². The predicted octanol–water partition coefficient (Wildman–Crippen LogP) is 2.43. The number of rotatable bonds is 6. The summed E-state index contributed by atoms with van der Waals surface area (Å²) in [7, 11) is 0. The van der Waals surface area contributed by atoms with Crippen LogP contribution in [0.1, 0.15) is 38.4 Å². The fourth-order valence-corrected chi connectivity index (χ4v) is 1.82. The van der Waals surface area contributed by atoms with Crippen LogP contribution in [0.2, 0.25) is 0 Å². The van der Waals surface area contributed by atoms with Crippen molar-refractivity contribution in [2.75, 3.05) is 6.26 Å². The van der Waals surface area contributed by atoms with Crippen LogP contribution in [0, 0.1) is 0 Å². The number of imidazole rings is 1. The van der Waals surface area contributed by atoms with E-state index in [2.05, 4.69) is 29.7 Å². The first kappa shape index (κ1) is 12.6. The third-order valence-corrected chi connectivity index (χ3v) is 3.78. The Morgan fingerprint density at radius 1 is 1.60 bits per heavy atom. The SMILES string of the molecule is CC[C@@H](N)c1cncn1CCC(C)SC. The second-order valence-corrected chi connectivity index (χ2v) is 5.14. The number of hydrogen-bond acceptors (Lipinski definition) is 3. The minimum absolute atomic E-state index is 0.122. The van der Waals surface area contributed by atoms with E-state index in [9.17, 15) is 0 Å². The van der Waals surface area contributed by atoms with Gasteiger partial charge in [-0.05, 0) is 19.1 Å². The van der Waals surface area contributed by atoms with Gasteiger partial charge in [0.2, 0.25) is 0 Å². The Kier molecular flexibility index (Phi) is 5.19. The molecule has 0 aliphatic heterocycles. The molecule has 2 N–H and O–H groups in total. The van der Waals surface area contributed by atoms with E-state index in [4.69, 9.17) is 5.73 Å². The largest absolute Gasteiger partial charge is 0.333 e. The van der Waals surface area contributed by atoms with Crippen LogP contribution in [0.4, 0.5) is 0 Å². The summed E-state index contributed by atoms with van der Waals surface area (Å²) in [5.41, 5.74) is 7.17. The number of nitrogens with zero attached hydrogens (tertiary/aromatic N) is 2. The monoisotopic (exact) mass is 227 g/mol. The second-order valence-electron chi connectivity index (χ2n) is 3.86. The molecule has 0 aliphatic carbocycles. The molecule has 0 amide bonds. The normalized spacial score (nSPS) is 15.2. The summed E-state index contributed by atoms with van der Waals surface area (Å²) < 4.78 is 2.18. The quantitative estimate of drug-likeness (QED) is 0.811. The number of nitrogens with two attached hydrogens (primary N) is 1. The molecule has 0 saturated carbocycles. The third kappa shape index (κ3) is 3.54. The van der Waals surface area contributed by atoms with Gasteiger partial charge in [0.05, 0.1) is 12.0 Å². The first-order chi connectivity index (χ1) is 7.19. The highest BCUT2D eigenvalue weighted by atomic mass is 32.2. The number of hydrogen-bond donors (Lipinski definition) is 1.